The van der Waals surface area contributed by atoms with Gasteiger partial charge in [0.2, 0.25) is 10.0 Å². The van der Waals surface area contributed by atoms with Crippen molar-refractivity contribution in [3.63, 3.8) is 0 Å². The number of nitrogens with one attached hydrogen (secondary N) is 1. The number of hydrogen-bond donors (Lipinski definition) is 1. The van der Waals surface area contributed by atoms with Gasteiger partial charge >= 0.3 is 5.97 Å². The van der Waals surface area contributed by atoms with Crippen LogP contribution in [-0.4, -0.2) is 40.3 Å². The number of anilines is 1. The van der Waals surface area contributed by atoms with Crippen LogP contribution in [0.1, 0.15) is 35.8 Å². The number of furan rings is 1. The molecule has 0 amide bonds. The summed E-state index contributed by atoms with van der Waals surface area (Å²) in [6.07, 6.45) is 1.16. The third-order valence-electron chi connectivity index (χ3n) is 5.32. The van der Waals surface area contributed by atoms with Crippen LogP contribution in [-0.2, 0) is 14.8 Å². The molecule has 0 radical (unpaired) electrons. The number of hydrogen-bond acceptors (Lipinski definition) is 6. The Kier molecular flexibility index (Phi) is 5.49. The van der Waals surface area contributed by atoms with Crippen molar-refractivity contribution in [3.8, 4) is 11.3 Å². The maximum atomic E-state index is 13.4. The van der Waals surface area contributed by atoms with Crippen LogP contribution in [0, 0.1) is 5.82 Å². The quantitative estimate of drug-likeness (QED) is 0.613. The zero-order valence-electron chi connectivity index (χ0n) is 17.4. The van der Waals surface area contributed by atoms with E-state index in [4.69, 9.17) is 9.15 Å². The highest BCUT2D eigenvalue weighted by atomic mass is 32.2. The van der Waals surface area contributed by atoms with Gasteiger partial charge in [0, 0.05) is 36.1 Å². The van der Waals surface area contributed by atoms with E-state index >= 15 is 0 Å². The molecule has 2 aromatic carbocycles. The highest BCUT2D eigenvalue weighted by molar-refractivity contribution is 7.92. The normalized spacial score (nSPS) is 16.8. The van der Waals surface area contributed by atoms with Crippen LogP contribution in [0.5, 0.6) is 0 Å². The summed E-state index contributed by atoms with van der Waals surface area (Å²) in [5, 5.41) is 3.81. The van der Waals surface area contributed by atoms with Crippen LogP contribution in [0.2, 0.25) is 0 Å². The Morgan fingerprint density at radius 2 is 2.00 bits per heavy atom. The van der Waals surface area contributed by atoms with E-state index in [0.717, 1.165) is 11.8 Å². The average Bonchev–Trinajstić information content (AvgIpc) is 2.99. The van der Waals surface area contributed by atoms with Gasteiger partial charge in [-0.1, -0.05) is 0 Å². The van der Waals surface area contributed by atoms with Crippen molar-refractivity contribution in [2.45, 2.75) is 19.9 Å². The molecule has 1 unspecified atom stereocenters. The summed E-state index contributed by atoms with van der Waals surface area (Å²) < 4.78 is 50.9. The second kappa shape index (κ2) is 7.97. The summed E-state index contributed by atoms with van der Waals surface area (Å²) in [7, 11) is -3.52. The average molecular weight is 447 g/mol. The van der Waals surface area contributed by atoms with Gasteiger partial charge in [0.25, 0.3) is 0 Å². The van der Waals surface area contributed by atoms with Gasteiger partial charge in [-0.05, 0) is 49.7 Å². The molecule has 1 aromatic heterocycles. The number of sulfonamides is 1. The van der Waals surface area contributed by atoms with E-state index in [1.54, 1.807) is 19.1 Å². The highest BCUT2D eigenvalue weighted by Gasteiger charge is 2.30. The minimum absolute atomic E-state index is 0.148. The number of rotatable bonds is 4. The monoisotopic (exact) mass is 446 g/mol. The van der Waals surface area contributed by atoms with Crippen molar-refractivity contribution in [2.24, 2.45) is 0 Å². The lowest BCUT2D eigenvalue weighted by Crippen LogP contribution is -2.33. The number of fused-ring (bicyclic) bond motifs is 2. The molecule has 2 heterocycles. The zero-order chi connectivity index (χ0) is 22.3. The summed E-state index contributed by atoms with van der Waals surface area (Å²) in [4.78, 5) is 12.8. The van der Waals surface area contributed by atoms with Gasteiger partial charge in [-0.25, -0.2) is 17.6 Å². The fourth-order valence-electron chi connectivity index (χ4n) is 3.88. The topological polar surface area (TPSA) is 88.8 Å². The second-order valence-electron chi connectivity index (χ2n) is 7.45. The van der Waals surface area contributed by atoms with E-state index in [2.05, 4.69) is 5.32 Å². The zero-order valence-corrected chi connectivity index (χ0v) is 18.3. The van der Waals surface area contributed by atoms with Crippen molar-refractivity contribution >= 4 is 32.6 Å². The predicted octanol–water partition coefficient (Wildman–Crippen LogP) is 3.85. The predicted molar refractivity (Wildman–Crippen MR) is 116 cm³/mol. The molecular weight excluding hydrogens is 423 g/mol. The first kappa shape index (κ1) is 21.3. The minimum atomic E-state index is -3.52. The summed E-state index contributed by atoms with van der Waals surface area (Å²) in [5.41, 5.74) is 2.33. The van der Waals surface area contributed by atoms with Crippen LogP contribution in [0.15, 0.2) is 40.8 Å². The van der Waals surface area contributed by atoms with Gasteiger partial charge < -0.3 is 14.5 Å². The fraction of sp³-hybridized carbons (Fsp3) is 0.318. The number of nitrogens with zero attached hydrogens (tertiary/aromatic N) is 1. The van der Waals surface area contributed by atoms with Crippen molar-refractivity contribution in [1.29, 1.82) is 0 Å². The molecule has 0 saturated carbocycles. The van der Waals surface area contributed by atoms with Crippen LogP contribution >= 0.6 is 0 Å². The Morgan fingerprint density at radius 1 is 1.29 bits per heavy atom. The molecule has 0 fully saturated rings. The van der Waals surface area contributed by atoms with Crippen molar-refractivity contribution in [3.05, 3.63) is 53.3 Å². The van der Waals surface area contributed by atoms with Gasteiger partial charge in [0.15, 0.2) is 0 Å². The molecule has 1 N–H and O–H groups in total. The van der Waals surface area contributed by atoms with Gasteiger partial charge in [0.1, 0.15) is 22.7 Å². The molecule has 7 nitrogen and oxygen atoms in total. The first-order chi connectivity index (χ1) is 14.7. The Balaban J connectivity index is 2.01. The number of ether oxygens (including phenoxy) is 1. The lowest BCUT2D eigenvalue weighted by molar-refractivity contribution is 0.0528. The third-order valence-corrected chi connectivity index (χ3v) is 6.50. The second-order valence-corrected chi connectivity index (χ2v) is 9.36. The highest BCUT2D eigenvalue weighted by Crippen LogP contribution is 2.40. The SMILES string of the molecule is CCOC(=O)c1c(-c2ccc(F)cc2)oc2cc3c(cc12)C(C)NCCN3S(C)(=O)=O. The lowest BCUT2D eigenvalue weighted by atomic mass is 10.00. The van der Waals surface area contributed by atoms with Gasteiger partial charge in [0.05, 0.1) is 18.6 Å². The molecule has 164 valence electrons. The fourth-order valence-corrected chi connectivity index (χ4v) is 4.82. The summed E-state index contributed by atoms with van der Waals surface area (Å²) in [6, 6.07) is 8.88. The Labute approximate surface area is 179 Å². The van der Waals surface area contributed by atoms with Crippen molar-refractivity contribution < 1.29 is 26.8 Å². The number of esters is 1. The molecule has 0 aliphatic carbocycles. The molecule has 1 aliphatic heterocycles. The lowest BCUT2D eigenvalue weighted by Gasteiger charge is -2.22. The van der Waals surface area contributed by atoms with Crippen LogP contribution in [0.3, 0.4) is 0 Å². The Hall–Kier alpha value is -2.91. The largest absolute Gasteiger partial charge is 0.462 e. The molecular formula is C22H23FN2O5S. The molecule has 9 heteroatoms. The van der Waals surface area contributed by atoms with Crippen LogP contribution in [0.4, 0.5) is 10.1 Å². The molecule has 0 spiro atoms. The van der Waals surface area contributed by atoms with E-state index < -0.39 is 21.8 Å². The Morgan fingerprint density at radius 3 is 2.65 bits per heavy atom. The molecule has 0 bridgehead atoms. The van der Waals surface area contributed by atoms with E-state index in [0.29, 0.717) is 28.8 Å². The van der Waals surface area contributed by atoms with E-state index in [9.17, 15) is 17.6 Å². The maximum Gasteiger partial charge on any atom is 0.342 e. The first-order valence-corrected chi connectivity index (χ1v) is 11.8. The van der Waals surface area contributed by atoms with Gasteiger partial charge in [-0.3, -0.25) is 4.31 Å². The minimum Gasteiger partial charge on any atom is -0.462 e. The molecule has 4 rings (SSSR count). The molecule has 31 heavy (non-hydrogen) atoms. The molecule has 1 atom stereocenters. The van der Waals surface area contributed by atoms with E-state index in [-0.39, 0.29) is 30.5 Å². The van der Waals surface area contributed by atoms with Gasteiger partial charge in [-0.2, -0.15) is 0 Å². The number of carbonyl (C=O) groups excluding carboxylic acids is 1. The van der Waals surface area contributed by atoms with E-state index in [1.165, 1.54) is 28.6 Å². The number of carbonyl (C=O) groups is 1. The van der Waals surface area contributed by atoms with Crippen LogP contribution in [0.25, 0.3) is 22.3 Å². The third kappa shape index (κ3) is 3.90. The van der Waals surface area contributed by atoms with Crippen molar-refractivity contribution in [1.82, 2.24) is 5.32 Å². The maximum absolute atomic E-state index is 13.4. The molecule has 0 saturated heterocycles. The number of benzene rings is 2. The summed E-state index contributed by atoms with van der Waals surface area (Å²) in [6.45, 7) is 4.58. The van der Waals surface area contributed by atoms with Crippen LogP contribution < -0.4 is 9.62 Å². The van der Waals surface area contributed by atoms with Gasteiger partial charge in [-0.15, -0.1) is 0 Å². The Bertz CT molecular complexity index is 1250. The molecule has 1 aliphatic rings. The molecule has 3 aromatic rings. The van der Waals surface area contributed by atoms with Crippen molar-refractivity contribution in [2.75, 3.05) is 30.3 Å². The summed E-state index contributed by atoms with van der Waals surface area (Å²) in [5.74, 6) is -0.720. The smallest absolute Gasteiger partial charge is 0.342 e. The standard InChI is InChI=1S/C22H23FN2O5S/c1-4-29-22(26)20-17-11-16-13(2)24-9-10-25(31(3,27)28)18(16)12-19(17)30-21(20)14-5-7-15(23)8-6-14/h5-8,11-13,24H,4,9-10H2,1-3H3. The number of halogens is 1. The summed E-state index contributed by atoms with van der Waals surface area (Å²) >= 11 is 0. The first-order valence-electron chi connectivity index (χ1n) is 9.95. The van der Waals surface area contributed by atoms with E-state index in [1.807, 2.05) is 6.92 Å².